The van der Waals surface area contributed by atoms with Crippen molar-refractivity contribution in [1.29, 1.82) is 0 Å². The van der Waals surface area contributed by atoms with Crippen LogP contribution in [0.4, 0.5) is 5.69 Å². The monoisotopic (exact) mass is 306 g/mol. The maximum Gasteiger partial charge on any atom is 0.255 e. The summed E-state index contributed by atoms with van der Waals surface area (Å²) in [6.07, 6.45) is 1.26. The second-order valence-corrected chi connectivity index (χ2v) is 4.81. The number of fused-ring (bicyclic) bond motifs is 1. The minimum Gasteiger partial charge on any atom is -0.423 e. The van der Waals surface area contributed by atoms with Crippen molar-refractivity contribution in [3.8, 4) is 11.5 Å². The van der Waals surface area contributed by atoms with E-state index < -0.39 is 0 Å². The van der Waals surface area contributed by atoms with E-state index in [1.165, 1.54) is 6.39 Å². The second kappa shape index (κ2) is 5.34. The number of anilines is 1. The number of carbonyl (C=O) groups is 1. The number of benzene rings is 2. The zero-order valence-corrected chi connectivity index (χ0v) is 11.7. The molecule has 0 radical (unpaired) electrons. The van der Waals surface area contributed by atoms with Crippen LogP contribution in [0.1, 0.15) is 10.4 Å². The van der Waals surface area contributed by atoms with Gasteiger partial charge in [-0.2, -0.15) is 15.4 Å². The van der Waals surface area contributed by atoms with Gasteiger partial charge in [-0.15, -0.1) is 10.2 Å². The topological polar surface area (TPSA) is 110 Å². The number of H-pyrrole nitrogens is 1. The predicted octanol–water partition coefficient (Wildman–Crippen LogP) is 2.26. The van der Waals surface area contributed by atoms with Gasteiger partial charge in [-0.1, -0.05) is 6.07 Å². The van der Waals surface area contributed by atoms with Gasteiger partial charge in [0.2, 0.25) is 12.3 Å². The third-order valence-electron chi connectivity index (χ3n) is 3.31. The quantitative estimate of drug-likeness (QED) is 0.601. The summed E-state index contributed by atoms with van der Waals surface area (Å²) in [5, 5.41) is 20.8. The van der Waals surface area contributed by atoms with Gasteiger partial charge in [0, 0.05) is 16.8 Å². The van der Waals surface area contributed by atoms with E-state index in [1.54, 1.807) is 36.4 Å². The normalized spacial score (nSPS) is 10.8. The number of hydrogen-bond donors (Lipinski definition) is 2. The Labute approximate surface area is 129 Å². The molecule has 112 valence electrons. The summed E-state index contributed by atoms with van der Waals surface area (Å²) in [4.78, 5) is 12.4. The Morgan fingerprint density at radius 2 is 2.00 bits per heavy atom. The van der Waals surface area contributed by atoms with Gasteiger partial charge in [-0.05, 0) is 36.4 Å². The van der Waals surface area contributed by atoms with E-state index in [9.17, 15) is 4.79 Å². The van der Waals surface area contributed by atoms with Crippen molar-refractivity contribution in [2.24, 2.45) is 0 Å². The predicted molar refractivity (Wildman–Crippen MR) is 81.6 cm³/mol. The molecule has 8 nitrogen and oxygen atoms in total. The van der Waals surface area contributed by atoms with Crippen LogP contribution in [0.15, 0.2) is 53.3 Å². The number of aromatic nitrogens is 5. The first-order valence-corrected chi connectivity index (χ1v) is 6.78. The summed E-state index contributed by atoms with van der Waals surface area (Å²) >= 11 is 0. The number of amides is 1. The van der Waals surface area contributed by atoms with Crippen LogP contribution in [0.3, 0.4) is 0 Å². The van der Waals surface area contributed by atoms with E-state index in [2.05, 4.69) is 30.9 Å². The highest BCUT2D eigenvalue weighted by Crippen LogP contribution is 2.21. The second-order valence-electron chi connectivity index (χ2n) is 4.81. The molecular formula is C15H10N6O2. The van der Waals surface area contributed by atoms with Crippen LogP contribution >= 0.6 is 0 Å². The Balaban J connectivity index is 1.59. The number of hydrogen-bond acceptors (Lipinski definition) is 6. The number of nitrogens with zero attached hydrogens (tertiary/aromatic N) is 4. The average molecular weight is 306 g/mol. The molecule has 0 saturated heterocycles. The average Bonchev–Trinajstić information content (AvgIpc) is 3.26. The third-order valence-corrected chi connectivity index (χ3v) is 3.31. The minimum atomic E-state index is -0.238. The fourth-order valence-corrected chi connectivity index (χ4v) is 2.21. The van der Waals surface area contributed by atoms with Crippen molar-refractivity contribution in [2.75, 3.05) is 5.32 Å². The van der Waals surface area contributed by atoms with E-state index >= 15 is 0 Å². The third kappa shape index (κ3) is 2.53. The van der Waals surface area contributed by atoms with Crippen LogP contribution in [-0.2, 0) is 0 Å². The van der Waals surface area contributed by atoms with Crippen LogP contribution in [0, 0.1) is 0 Å². The summed E-state index contributed by atoms with van der Waals surface area (Å²) in [5.41, 5.74) is 3.20. The molecule has 0 spiro atoms. The van der Waals surface area contributed by atoms with Crippen molar-refractivity contribution in [2.45, 2.75) is 0 Å². The highest BCUT2D eigenvalue weighted by Gasteiger charge is 2.10. The standard InChI is InChI=1S/C15H10N6O2/c22-14(9-4-5-12-13(7-9)19-21-18-12)17-11-3-1-2-10(6-11)15-20-16-8-23-15/h1-8H,(H,17,22)(H,18,19,21). The van der Waals surface area contributed by atoms with Crippen molar-refractivity contribution in [3.05, 3.63) is 54.4 Å². The fraction of sp³-hybridized carbons (Fsp3) is 0. The van der Waals surface area contributed by atoms with Crippen molar-refractivity contribution >= 4 is 22.6 Å². The van der Waals surface area contributed by atoms with Gasteiger partial charge >= 0.3 is 0 Å². The molecule has 0 atom stereocenters. The first-order chi connectivity index (χ1) is 11.3. The van der Waals surface area contributed by atoms with E-state index in [1.807, 2.05) is 6.07 Å². The van der Waals surface area contributed by atoms with Crippen molar-refractivity contribution in [3.63, 3.8) is 0 Å². The van der Waals surface area contributed by atoms with E-state index in [0.717, 1.165) is 5.56 Å². The summed E-state index contributed by atoms with van der Waals surface area (Å²) in [7, 11) is 0. The van der Waals surface area contributed by atoms with Crippen LogP contribution < -0.4 is 5.32 Å². The Kier molecular flexibility index (Phi) is 3.05. The molecule has 0 bridgehead atoms. The molecular weight excluding hydrogens is 296 g/mol. The maximum absolute atomic E-state index is 12.4. The lowest BCUT2D eigenvalue weighted by molar-refractivity contribution is 0.102. The molecule has 4 aromatic rings. The molecule has 2 aromatic heterocycles. The first-order valence-electron chi connectivity index (χ1n) is 6.78. The van der Waals surface area contributed by atoms with Crippen LogP contribution in [0.2, 0.25) is 0 Å². The summed E-state index contributed by atoms with van der Waals surface area (Å²) in [5.74, 6) is 0.155. The minimum absolute atomic E-state index is 0.238. The number of aromatic amines is 1. The van der Waals surface area contributed by atoms with Gasteiger partial charge in [-0.25, -0.2) is 0 Å². The zero-order valence-electron chi connectivity index (χ0n) is 11.7. The molecule has 4 rings (SSSR count). The van der Waals surface area contributed by atoms with Gasteiger partial charge < -0.3 is 9.73 Å². The molecule has 2 N–H and O–H groups in total. The molecule has 2 heterocycles. The van der Waals surface area contributed by atoms with Crippen LogP contribution in [0.5, 0.6) is 0 Å². The van der Waals surface area contributed by atoms with Gasteiger partial charge in [0.1, 0.15) is 11.0 Å². The first kappa shape index (κ1) is 13.1. The van der Waals surface area contributed by atoms with Gasteiger partial charge in [0.05, 0.1) is 0 Å². The molecule has 0 aliphatic rings. The van der Waals surface area contributed by atoms with E-state index in [4.69, 9.17) is 4.42 Å². The molecule has 0 fully saturated rings. The summed E-state index contributed by atoms with van der Waals surface area (Å²) < 4.78 is 5.15. The molecule has 2 aromatic carbocycles. The lowest BCUT2D eigenvalue weighted by atomic mass is 10.1. The summed E-state index contributed by atoms with van der Waals surface area (Å²) in [6, 6.07) is 12.3. The zero-order chi connectivity index (χ0) is 15.6. The Bertz CT molecular complexity index is 976. The lowest BCUT2D eigenvalue weighted by Gasteiger charge is -2.06. The van der Waals surface area contributed by atoms with Crippen molar-refractivity contribution in [1.82, 2.24) is 25.6 Å². The van der Waals surface area contributed by atoms with E-state index in [0.29, 0.717) is 28.2 Å². The molecule has 8 heteroatoms. The maximum atomic E-state index is 12.4. The Hall–Kier alpha value is -3.55. The van der Waals surface area contributed by atoms with Gasteiger partial charge in [0.25, 0.3) is 5.91 Å². The number of carbonyl (C=O) groups excluding carboxylic acids is 1. The Morgan fingerprint density at radius 3 is 2.87 bits per heavy atom. The number of nitrogens with one attached hydrogen (secondary N) is 2. The SMILES string of the molecule is O=C(Nc1cccc(-c2nnco2)c1)c1ccc2n[nH]nc2c1. The lowest BCUT2D eigenvalue weighted by Crippen LogP contribution is -2.11. The molecule has 0 aliphatic carbocycles. The highest BCUT2D eigenvalue weighted by molar-refractivity contribution is 6.06. The Morgan fingerprint density at radius 1 is 1.09 bits per heavy atom. The highest BCUT2D eigenvalue weighted by atomic mass is 16.4. The molecule has 0 aliphatic heterocycles. The van der Waals surface area contributed by atoms with Gasteiger partial charge in [0.15, 0.2) is 0 Å². The van der Waals surface area contributed by atoms with Crippen LogP contribution in [0.25, 0.3) is 22.5 Å². The largest absolute Gasteiger partial charge is 0.423 e. The molecule has 23 heavy (non-hydrogen) atoms. The number of rotatable bonds is 3. The molecule has 0 saturated carbocycles. The molecule has 1 amide bonds. The summed E-state index contributed by atoms with van der Waals surface area (Å²) in [6.45, 7) is 0. The smallest absolute Gasteiger partial charge is 0.255 e. The fourth-order valence-electron chi connectivity index (χ4n) is 2.21. The van der Waals surface area contributed by atoms with Gasteiger partial charge in [-0.3, -0.25) is 4.79 Å². The van der Waals surface area contributed by atoms with E-state index in [-0.39, 0.29) is 5.91 Å². The van der Waals surface area contributed by atoms with Crippen molar-refractivity contribution < 1.29 is 9.21 Å². The van der Waals surface area contributed by atoms with Crippen LogP contribution in [-0.4, -0.2) is 31.5 Å². The molecule has 0 unspecified atom stereocenters.